The van der Waals surface area contributed by atoms with E-state index < -0.39 is 52.7 Å². The number of rotatable bonds is 6. The van der Waals surface area contributed by atoms with Gasteiger partial charge in [0.1, 0.15) is 0 Å². The van der Waals surface area contributed by atoms with Gasteiger partial charge in [-0.3, -0.25) is 14.7 Å². The number of carbonyl (C=O) groups is 1. The number of halogens is 11. The minimum Gasteiger partial charge on any atom is -0.733 e. The van der Waals surface area contributed by atoms with Crippen molar-refractivity contribution in [1.29, 1.82) is 0 Å². The van der Waals surface area contributed by atoms with Crippen molar-refractivity contribution >= 4 is 17.3 Å². The molecule has 0 radical (unpaired) electrons. The van der Waals surface area contributed by atoms with Crippen LogP contribution in [0.4, 0.5) is 59.7 Å². The summed E-state index contributed by atoms with van der Waals surface area (Å²) in [5.74, 6) is -17.0. The summed E-state index contributed by atoms with van der Waals surface area (Å²) in [7, 11) is 0. The second-order valence-corrected chi connectivity index (χ2v) is 5.06. The molecule has 1 atom stereocenters. The molecule has 0 aliphatic heterocycles. The summed E-state index contributed by atoms with van der Waals surface area (Å²) in [5.41, 5.74) is -1.77. The van der Waals surface area contributed by atoms with Crippen LogP contribution in [0.5, 0.6) is 0 Å². The molecule has 29 heavy (non-hydrogen) atoms. The molecule has 2 N–H and O–H groups in total. The molecule has 0 aromatic heterocycles. The smallest absolute Gasteiger partial charge is 0.462 e. The summed E-state index contributed by atoms with van der Waals surface area (Å²) in [6.07, 6.45) is -21.2. The first kappa shape index (κ1) is 24.6. The highest BCUT2D eigenvalue weighted by Crippen LogP contribution is 2.51. The minimum atomic E-state index is -7.32. The lowest BCUT2D eigenvalue weighted by molar-refractivity contribution is -0.472. The minimum absolute atomic E-state index is 0.365. The maximum Gasteiger partial charge on any atom is 0.462 e. The molecular weight excluding hydrogens is 445 g/mol. The van der Waals surface area contributed by atoms with E-state index in [4.69, 9.17) is 5.21 Å². The van der Waals surface area contributed by atoms with Crippen molar-refractivity contribution in [2.75, 3.05) is 10.5 Å². The van der Waals surface area contributed by atoms with Crippen molar-refractivity contribution < 1.29 is 63.0 Å². The number of anilines is 2. The molecule has 0 spiro atoms. The van der Waals surface area contributed by atoms with Gasteiger partial charge in [-0.05, 0) is 18.2 Å². The number of hydrogen-bond acceptors (Lipinski definition) is 5. The van der Waals surface area contributed by atoms with Crippen LogP contribution < -0.4 is 10.5 Å². The van der Waals surface area contributed by atoms with Gasteiger partial charge in [-0.1, -0.05) is 6.07 Å². The zero-order valence-corrected chi connectivity index (χ0v) is 13.1. The first-order valence-electron chi connectivity index (χ1n) is 6.62. The van der Waals surface area contributed by atoms with E-state index in [-0.39, 0.29) is 0 Å². The number of hydrogen-bond donors (Lipinski definition) is 2. The molecule has 0 saturated carbocycles. The monoisotopic (exact) mass is 451 g/mol. The molecule has 0 bridgehead atoms. The maximum atomic E-state index is 14.0. The summed E-state index contributed by atoms with van der Waals surface area (Å²) in [5, 5.41) is 19.2. The SMILES string of the molecule is O=C(Nc1cccc(N([O-])O)c1)[C@@](F)(OC(F)(F)C(F)(F)C(F)(F)F)C(F)(F)F. The Labute approximate surface area is 152 Å². The number of ether oxygens (including phenoxy) is 1. The number of nitrogens with zero attached hydrogens (tertiary/aromatic N) is 1. The third kappa shape index (κ3) is 4.78. The molecule has 0 saturated heterocycles. The number of alkyl halides is 11. The molecule has 0 aliphatic carbocycles. The van der Waals surface area contributed by atoms with Crippen LogP contribution in [0.25, 0.3) is 0 Å². The van der Waals surface area contributed by atoms with Gasteiger partial charge in [-0.25, -0.2) is 0 Å². The van der Waals surface area contributed by atoms with Gasteiger partial charge < -0.3 is 15.8 Å². The van der Waals surface area contributed by atoms with Crippen LogP contribution in [0.1, 0.15) is 0 Å². The van der Waals surface area contributed by atoms with Crippen LogP contribution >= 0.6 is 0 Å². The molecule has 0 fully saturated rings. The van der Waals surface area contributed by atoms with Crippen molar-refractivity contribution in [3.63, 3.8) is 0 Å². The molecule has 1 aromatic rings. The zero-order chi connectivity index (χ0) is 23.1. The van der Waals surface area contributed by atoms with Gasteiger partial charge >= 0.3 is 30.2 Å². The number of carbonyl (C=O) groups excluding carboxylic acids is 1. The second kappa shape index (κ2) is 7.45. The fourth-order valence-electron chi connectivity index (χ4n) is 1.55. The molecule has 166 valence electrons. The van der Waals surface area contributed by atoms with Gasteiger partial charge in [-0.2, -0.15) is 48.3 Å². The second-order valence-electron chi connectivity index (χ2n) is 5.06. The van der Waals surface area contributed by atoms with Crippen molar-refractivity contribution in [1.82, 2.24) is 0 Å². The van der Waals surface area contributed by atoms with E-state index in [0.717, 1.165) is 17.4 Å². The summed E-state index contributed by atoms with van der Waals surface area (Å²) in [6.45, 7) is 0. The summed E-state index contributed by atoms with van der Waals surface area (Å²) in [4.78, 5) is 11.5. The lowest BCUT2D eigenvalue weighted by atomic mass is 10.2. The molecule has 1 amide bonds. The molecule has 17 heteroatoms. The van der Waals surface area contributed by atoms with E-state index in [1.165, 1.54) is 0 Å². The van der Waals surface area contributed by atoms with Gasteiger partial charge in [0.2, 0.25) is 0 Å². The topological polar surface area (TPSA) is 84.9 Å². The third-order valence-electron chi connectivity index (χ3n) is 2.97. The van der Waals surface area contributed by atoms with Crippen LogP contribution in [0.15, 0.2) is 24.3 Å². The highest BCUT2D eigenvalue weighted by molar-refractivity contribution is 5.97. The van der Waals surface area contributed by atoms with Gasteiger partial charge in [-0.15, -0.1) is 0 Å². The van der Waals surface area contributed by atoms with Crippen LogP contribution in [0.2, 0.25) is 0 Å². The van der Waals surface area contributed by atoms with Crippen LogP contribution in [-0.2, 0) is 9.53 Å². The summed E-state index contributed by atoms with van der Waals surface area (Å²) in [6, 6.07) is 2.55. The van der Waals surface area contributed by atoms with Gasteiger partial charge in [0, 0.05) is 5.69 Å². The van der Waals surface area contributed by atoms with Crippen LogP contribution in [-0.4, -0.2) is 41.4 Å². The number of nitrogens with one attached hydrogen (secondary N) is 1. The average Bonchev–Trinajstić information content (AvgIpc) is 2.52. The Hall–Kier alpha value is -2.40. The van der Waals surface area contributed by atoms with Crippen LogP contribution in [0.3, 0.4) is 0 Å². The highest BCUT2D eigenvalue weighted by atomic mass is 19.4. The van der Waals surface area contributed by atoms with E-state index in [0.29, 0.717) is 12.1 Å². The Bertz CT molecular complexity index is 750. The van der Waals surface area contributed by atoms with E-state index in [1.54, 1.807) is 0 Å². The van der Waals surface area contributed by atoms with E-state index in [1.807, 2.05) is 0 Å². The number of amides is 1. The van der Waals surface area contributed by atoms with Gasteiger partial charge in [0.05, 0.1) is 5.69 Å². The molecule has 1 aromatic carbocycles. The zero-order valence-electron chi connectivity index (χ0n) is 13.1. The van der Waals surface area contributed by atoms with Crippen LogP contribution in [0, 0.1) is 5.21 Å². The predicted octanol–water partition coefficient (Wildman–Crippen LogP) is 4.35. The van der Waals surface area contributed by atoms with Crippen molar-refractivity contribution in [2.24, 2.45) is 0 Å². The van der Waals surface area contributed by atoms with Gasteiger partial charge in [0.25, 0.3) is 5.91 Å². The quantitative estimate of drug-likeness (QED) is 0.496. The standard InChI is InChI=1S/C12H6F11N2O4/c13-8(10(16,17)18,29-12(22,23)9(14,15)11(19,20)21)7(26)24-5-2-1-3-6(4-5)25(27)28/h1-4,27H,(H,24,26)/q-1/t8-/m1/s1. The molecule has 0 unspecified atom stereocenters. The first-order chi connectivity index (χ1) is 12.8. The Kier molecular flexibility index (Phi) is 6.33. The molecule has 1 rings (SSSR count). The lowest BCUT2D eigenvalue weighted by Gasteiger charge is -2.34. The Morgan fingerprint density at radius 1 is 0.966 bits per heavy atom. The number of benzene rings is 1. The summed E-state index contributed by atoms with van der Waals surface area (Å²) < 4.78 is 142. The summed E-state index contributed by atoms with van der Waals surface area (Å²) >= 11 is 0. The molecule has 0 heterocycles. The fourth-order valence-corrected chi connectivity index (χ4v) is 1.55. The lowest BCUT2D eigenvalue weighted by Crippen LogP contribution is -2.62. The van der Waals surface area contributed by atoms with E-state index in [9.17, 15) is 58.3 Å². The highest BCUT2D eigenvalue weighted by Gasteiger charge is 2.79. The first-order valence-corrected chi connectivity index (χ1v) is 6.62. The normalized spacial score (nSPS) is 15.6. The maximum absolute atomic E-state index is 14.0. The molecule has 0 aliphatic rings. The molecule has 6 nitrogen and oxygen atoms in total. The predicted molar refractivity (Wildman–Crippen MR) is 69.6 cm³/mol. The fraction of sp³-hybridized carbons (Fsp3) is 0.417. The van der Waals surface area contributed by atoms with Crippen molar-refractivity contribution in [3.05, 3.63) is 29.5 Å². The largest absolute Gasteiger partial charge is 0.733 e. The van der Waals surface area contributed by atoms with E-state index in [2.05, 4.69) is 4.74 Å². The Balaban J connectivity index is 3.32. The van der Waals surface area contributed by atoms with Crippen molar-refractivity contribution in [3.8, 4) is 0 Å². The van der Waals surface area contributed by atoms with E-state index >= 15 is 0 Å². The Morgan fingerprint density at radius 2 is 1.48 bits per heavy atom. The average molecular weight is 451 g/mol. The van der Waals surface area contributed by atoms with Gasteiger partial charge in [0.15, 0.2) is 0 Å². The Morgan fingerprint density at radius 3 is 1.90 bits per heavy atom. The molecular formula is C12H6F11N2O4-. The third-order valence-corrected chi connectivity index (χ3v) is 2.97. The van der Waals surface area contributed by atoms with Crippen molar-refractivity contribution in [2.45, 2.75) is 30.2 Å².